The largest absolute Gasteiger partial charge is 0.304 e. The van der Waals surface area contributed by atoms with Crippen molar-refractivity contribution in [2.24, 2.45) is 5.92 Å². The number of aromatic nitrogens is 3. The lowest BCUT2D eigenvalue weighted by atomic mass is 9.65. The van der Waals surface area contributed by atoms with Crippen molar-refractivity contribution in [2.45, 2.75) is 50.7 Å². The molecule has 10 heteroatoms. The van der Waals surface area contributed by atoms with E-state index in [1.54, 1.807) is 12.4 Å². The van der Waals surface area contributed by atoms with Gasteiger partial charge in [0.1, 0.15) is 23.2 Å². The molecule has 0 amide bonds. The Bertz CT molecular complexity index is 1550. The van der Waals surface area contributed by atoms with Gasteiger partial charge in [0.15, 0.2) is 9.84 Å². The van der Waals surface area contributed by atoms with E-state index in [-0.39, 0.29) is 23.1 Å². The van der Waals surface area contributed by atoms with E-state index in [0.717, 1.165) is 48.9 Å². The smallest absolute Gasteiger partial charge is 0.154 e. The van der Waals surface area contributed by atoms with Gasteiger partial charge in [-0.3, -0.25) is 4.98 Å². The van der Waals surface area contributed by atoms with Crippen molar-refractivity contribution < 1.29 is 17.2 Å². The summed E-state index contributed by atoms with van der Waals surface area (Å²) in [5, 5.41) is 0. The number of hydrogen-bond acceptors (Lipinski definition) is 7. The minimum Gasteiger partial charge on any atom is -0.304 e. The third-order valence-electron chi connectivity index (χ3n) is 7.71. The van der Waals surface area contributed by atoms with Crippen LogP contribution in [-0.2, 0) is 21.0 Å². The van der Waals surface area contributed by atoms with Crippen LogP contribution in [0.3, 0.4) is 0 Å². The number of hydrazine groups is 1. The maximum absolute atomic E-state index is 14.6. The van der Waals surface area contributed by atoms with Crippen LogP contribution in [0.25, 0.3) is 17.0 Å². The third kappa shape index (κ3) is 5.17. The van der Waals surface area contributed by atoms with E-state index in [9.17, 15) is 17.2 Å². The molecule has 0 unspecified atom stereocenters. The first kappa shape index (κ1) is 26.9. The zero-order valence-corrected chi connectivity index (χ0v) is 22.9. The molecule has 1 aliphatic heterocycles. The Morgan fingerprint density at radius 1 is 1.03 bits per heavy atom. The second kappa shape index (κ2) is 10.5. The van der Waals surface area contributed by atoms with Crippen LogP contribution < -0.4 is 10.9 Å². The van der Waals surface area contributed by atoms with Gasteiger partial charge in [-0.2, -0.15) is 0 Å². The van der Waals surface area contributed by atoms with Crippen LogP contribution in [0.2, 0.25) is 0 Å². The second-order valence-electron chi connectivity index (χ2n) is 10.2. The molecule has 0 saturated carbocycles. The SMILES string of the molecule is CC[C@H]1CC[C@](CC)(c2cccc(-c3cnc(CS(C)(=O)=O)nc3)n2)C2=C1C=C(c1c(F)cccc1F)NN2. The van der Waals surface area contributed by atoms with E-state index in [2.05, 4.69) is 34.7 Å². The van der Waals surface area contributed by atoms with Crippen LogP contribution >= 0.6 is 0 Å². The van der Waals surface area contributed by atoms with Crippen LogP contribution in [-0.4, -0.2) is 29.6 Å². The predicted molar refractivity (Wildman–Crippen MR) is 146 cm³/mol. The molecule has 2 atom stereocenters. The lowest BCUT2D eigenvalue weighted by molar-refractivity contribution is 0.318. The Morgan fingerprint density at radius 2 is 1.72 bits per heavy atom. The van der Waals surface area contributed by atoms with Gasteiger partial charge in [-0.15, -0.1) is 0 Å². The summed E-state index contributed by atoms with van der Waals surface area (Å²) >= 11 is 0. The molecular formula is C29H31F2N5O2S. The molecule has 0 saturated heterocycles. The zero-order valence-electron chi connectivity index (χ0n) is 22.1. The topological polar surface area (TPSA) is 96.9 Å². The fourth-order valence-corrected chi connectivity index (χ4v) is 6.27. The lowest BCUT2D eigenvalue weighted by Gasteiger charge is -2.45. The summed E-state index contributed by atoms with van der Waals surface area (Å²) in [4.78, 5) is 13.5. The summed E-state index contributed by atoms with van der Waals surface area (Å²) in [6.45, 7) is 4.24. The van der Waals surface area contributed by atoms with Crippen molar-refractivity contribution in [2.75, 3.05) is 6.26 Å². The van der Waals surface area contributed by atoms with Crippen molar-refractivity contribution in [1.29, 1.82) is 0 Å². The fraction of sp³-hybridized carbons (Fsp3) is 0.345. The summed E-state index contributed by atoms with van der Waals surface area (Å²) in [6.07, 6.45) is 9.63. The molecule has 3 heterocycles. The van der Waals surface area contributed by atoms with E-state index < -0.39 is 26.9 Å². The molecule has 0 spiro atoms. The summed E-state index contributed by atoms with van der Waals surface area (Å²) in [5.74, 6) is -0.992. The molecular weight excluding hydrogens is 520 g/mol. The van der Waals surface area contributed by atoms with Crippen molar-refractivity contribution in [3.63, 3.8) is 0 Å². The van der Waals surface area contributed by atoms with Crippen LogP contribution in [0, 0.1) is 17.6 Å². The van der Waals surface area contributed by atoms with Crippen molar-refractivity contribution in [1.82, 2.24) is 25.8 Å². The fourth-order valence-electron chi connectivity index (χ4n) is 5.65. The predicted octanol–water partition coefficient (Wildman–Crippen LogP) is 5.23. The van der Waals surface area contributed by atoms with E-state index in [1.165, 1.54) is 18.2 Å². The Balaban J connectivity index is 1.57. The molecule has 5 rings (SSSR count). The number of sulfone groups is 1. The molecule has 0 radical (unpaired) electrons. The zero-order chi connectivity index (χ0) is 27.8. The minimum atomic E-state index is -3.24. The number of nitrogens with zero attached hydrogens (tertiary/aromatic N) is 3. The van der Waals surface area contributed by atoms with Gasteiger partial charge < -0.3 is 10.9 Å². The number of allylic oxidation sites excluding steroid dienone is 3. The average molecular weight is 552 g/mol. The van der Waals surface area contributed by atoms with Gasteiger partial charge in [0.25, 0.3) is 0 Å². The van der Waals surface area contributed by atoms with Gasteiger partial charge >= 0.3 is 0 Å². The maximum Gasteiger partial charge on any atom is 0.154 e. The highest BCUT2D eigenvalue weighted by Crippen LogP contribution is 2.48. The monoisotopic (exact) mass is 551 g/mol. The first-order valence-corrected chi connectivity index (χ1v) is 15.1. The first-order chi connectivity index (χ1) is 18.6. The number of benzene rings is 1. The molecule has 7 nitrogen and oxygen atoms in total. The molecule has 2 N–H and O–H groups in total. The highest BCUT2D eigenvalue weighted by Gasteiger charge is 2.44. The molecule has 204 valence electrons. The van der Waals surface area contributed by atoms with Crippen molar-refractivity contribution in [3.8, 4) is 11.3 Å². The minimum absolute atomic E-state index is 0.0847. The Morgan fingerprint density at radius 3 is 2.36 bits per heavy atom. The normalized spacial score (nSPS) is 21.1. The van der Waals surface area contributed by atoms with E-state index in [4.69, 9.17) is 4.98 Å². The summed E-state index contributed by atoms with van der Waals surface area (Å²) in [5.41, 5.74) is 10.5. The van der Waals surface area contributed by atoms with Crippen LogP contribution in [0.4, 0.5) is 8.78 Å². The van der Waals surface area contributed by atoms with Crippen molar-refractivity contribution >= 4 is 15.5 Å². The van der Waals surface area contributed by atoms with Gasteiger partial charge in [-0.25, -0.2) is 27.2 Å². The molecule has 1 aliphatic carbocycles. The van der Waals surface area contributed by atoms with Gasteiger partial charge in [0.2, 0.25) is 0 Å². The van der Waals surface area contributed by atoms with Gasteiger partial charge in [0, 0.05) is 29.9 Å². The Labute approximate surface area is 227 Å². The number of pyridine rings is 1. The highest BCUT2D eigenvalue weighted by atomic mass is 32.2. The lowest BCUT2D eigenvalue weighted by Crippen LogP contribution is -2.47. The molecule has 39 heavy (non-hydrogen) atoms. The quantitative estimate of drug-likeness (QED) is 0.415. The van der Waals surface area contributed by atoms with E-state index >= 15 is 0 Å². The van der Waals surface area contributed by atoms with Crippen LogP contribution in [0.15, 0.2) is 66.1 Å². The summed E-state index contributed by atoms with van der Waals surface area (Å²) in [7, 11) is -3.24. The average Bonchev–Trinajstić information content (AvgIpc) is 2.92. The molecule has 1 aromatic carbocycles. The Hall–Kier alpha value is -3.66. The maximum atomic E-state index is 14.6. The highest BCUT2D eigenvalue weighted by molar-refractivity contribution is 7.89. The number of hydrogen-bond donors (Lipinski definition) is 2. The van der Waals surface area contributed by atoms with Gasteiger partial charge in [0.05, 0.1) is 28.1 Å². The van der Waals surface area contributed by atoms with E-state index in [0.29, 0.717) is 17.0 Å². The number of rotatable bonds is 7. The second-order valence-corrected chi connectivity index (χ2v) is 12.3. The first-order valence-electron chi connectivity index (χ1n) is 13.0. The molecule has 2 aromatic heterocycles. The molecule has 0 bridgehead atoms. The Kier molecular flexibility index (Phi) is 7.24. The van der Waals surface area contributed by atoms with Crippen LogP contribution in [0.1, 0.15) is 56.6 Å². The van der Waals surface area contributed by atoms with E-state index in [1.807, 2.05) is 24.3 Å². The van der Waals surface area contributed by atoms with Gasteiger partial charge in [-0.05, 0) is 67.5 Å². The standard InChI is InChI=1S/C29H31F2N5O2S/c1-4-18-12-13-29(5-2,28-20(18)14-24(35-36-28)27-21(30)8-6-9-22(27)31)25-11-7-10-23(34-25)19-15-32-26(33-16-19)17-39(3,37)38/h6-11,14-16,18,35-36H,4-5,12-13,17H2,1-3H3/t18-,29+/m0/s1. The third-order valence-corrected chi connectivity index (χ3v) is 8.49. The molecule has 2 aliphatic rings. The molecule has 0 fully saturated rings. The van der Waals surface area contributed by atoms with Crippen LogP contribution in [0.5, 0.6) is 0 Å². The summed E-state index contributed by atoms with van der Waals surface area (Å²) in [6, 6.07) is 9.69. The van der Waals surface area contributed by atoms with Crippen molar-refractivity contribution in [3.05, 3.63) is 94.9 Å². The number of nitrogens with one attached hydrogen (secondary N) is 2. The van der Waals surface area contributed by atoms with Gasteiger partial charge in [-0.1, -0.05) is 26.0 Å². The number of halogens is 2. The molecule has 3 aromatic rings. The summed E-state index contributed by atoms with van der Waals surface area (Å²) < 4.78 is 52.4.